The van der Waals surface area contributed by atoms with Crippen molar-refractivity contribution in [1.82, 2.24) is 20.8 Å². The summed E-state index contributed by atoms with van der Waals surface area (Å²) in [4.78, 5) is 8.76. The van der Waals surface area contributed by atoms with E-state index in [1.165, 1.54) is 0 Å². The first-order valence-corrected chi connectivity index (χ1v) is 8.62. The predicted octanol–water partition coefficient (Wildman–Crippen LogP) is 2.87. The number of aryl methyl sites for hydroxylation is 2. The van der Waals surface area contributed by atoms with Crippen molar-refractivity contribution in [1.29, 1.82) is 0 Å². The van der Waals surface area contributed by atoms with Gasteiger partial charge in [0.15, 0.2) is 11.8 Å². The van der Waals surface area contributed by atoms with Crippen LogP contribution in [0.5, 0.6) is 5.75 Å². The van der Waals surface area contributed by atoms with Crippen LogP contribution in [-0.2, 0) is 6.42 Å². The number of nitrogens with one attached hydrogen (secondary N) is 2. The van der Waals surface area contributed by atoms with E-state index in [1.54, 1.807) is 0 Å². The van der Waals surface area contributed by atoms with E-state index in [0.29, 0.717) is 31.2 Å². The SMILES string of the molecule is CCNC(=NCC(C)Oc1ccccc1C)NCCc1nc(C)no1.I. The number of ether oxygens (including phenoxy) is 1. The highest BCUT2D eigenvalue weighted by molar-refractivity contribution is 14.0. The standard InChI is InChI=1S/C18H27N5O2.HI/c1-5-19-18(20-11-10-17-22-15(4)23-25-17)21-12-14(3)24-16-9-7-6-8-13(16)2;/h6-9,14H,5,10-12H2,1-4H3,(H2,19,20,21);1H. The summed E-state index contributed by atoms with van der Waals surface area (Å²) in [5.74, 6) is 2.92. The van der Waals surface area contributed by atoms with E-state index >= 15 is 0 Å². The number of halogens is 1. The monoisotopic (exact) mass is 473 g/mol. The third-order valence-electron chi connectivity index (χ3n) is 3.47. The lowest BCUT2D eigenvalue weighted by Gasteiger charge is -2.16. The number of aliphatic imine (C=N–C) groups is 1. The van der Waals surface area contributed by atoms with Crippen LogP contribution in [0, 0.1) is 13.8 Å². The average Bonchev–Trinajstić information content (AvgIpc) is 3.00. The fourth-order valence-corrected chi connectivity index (χ4v) is 2.23. The van der Waals surface area contributed by atoms with Gasteiger partial charge in [0, 0.05) is 19.5 Å². The molecule has 7 nitrogen and oxygen atoms in total. The zero-order chi connectivity index (χ0) is 18.1. The first kappa shape index (κ1) is 22.2. The summed E-state index contributed by atoms with van der Waals surface area (Å²) in [7, 11) is 0. The Morgan fingerprint density at radius 3 is 2.69 bits per heavy atom. The summed E-state index contributed by atoms with van der Waals surface area (Å²) in [6.45, 7) is 9.91. The van der Waals surface area contributed by atoms with Crippen LogP contribution in [0.15, 0.2) is 33.8 Å². The fraction of sp³-hybridized carbons (Fsp3) is 0.500. The molecular formula is C18H28IN5O2. The van der Waals surface area contributed by atoms with Crippen LogP contribution in [-0.4, -0.2) is 41.8 Å². The Hall–Kier alpha value is -1.84. The van der Waals surface area contributed by atoms with Gasteiger partial charge in [-0.25, -0.2) is 4.99 Å². The lowest BCUT2D eigenvalue weighted by Crippen LogP contribution is -2.39. The minimum absolute atomic E-state index is 0. The first-order chi connectivity index (χ1) is 12.1. The molecule has 0 fully saturated rings. The number of aromatic nitrogens is 2. The molecule has 1 heterocycles. The second-order valence-electron chi connectivity index (χ2n) is 5.83. The molecular weight excluding hydrogens is 445 g/mol. The number of para-hydroxylation sites is 1. The molecule has 0 aliphatic rings. The lowest BCUT2D eigenvalue weighted by molar-refractivity contribution is 0.228. The number of guanidine groups is 1. The van der Waals surface area contributed by atoms with E-state index < -0.39 is 0 Å². The Morgan fingerprint density at radius 1 is 1.27 bits per heavy atom. The third kappa shape index (κ3) is 7.59. The minimum Gasteiger partial charge on any atom is -0.489 e. The quantitative estimate of drug-likeness (QED) is 0.349. The summed E-state index contributed by atoms with van der Waals surface area (Å²) in [6, 6.07) is 7.99. The van der Waals surface area contributed by atoms with Gasteiger partial charge in [-0.3, -0.25) is 0 Å². The van der Waals surface area contributed by atoms with Crippen LogP contribution in [0.3, 0.4) is 0 Å². The van der Waals surface area contributed by atoms with Gasteiger partial charge in [0.05, 0.1) is 6.54 Å². The summed E-state index contributed by atoms with van der Waals surface area (Å²) in [6.07, 6.45) is 0.635. The van der Waals surface area contributed by atoms with Gasteiger partial charge in [-0.1, -0.05) is 23.4 Å². The number of benzene rings is 1. The fourth-order valence-electron chi connectivity index (χ4n) is 2.23. The second-order valence-corrected chi connectivity index (χ2v) is 5.83. The van der Waals surface area contributed by atoms with E-state index in [9.17, 15) is 0 Å². The Morgan fingerprint density at radius 2 is 2.04 bits per heavy atom. The van der Waals surface area contributed by atoms with Crippen molar-refractivity contribution < 1.29 is 9.26 Å². The third-order valence-corrected chi connectivity index (χ3v) is 3.47. The van der Waals surface area contributed by atoms with Crippen LogP contribution in [0.4, 0.5) is 0 Å². The number of hydrogen-bond donors (Lipinski definition) is 2. The molecule has 2 N–H and O–H groups in total. The van der Waals surface area contributed by atoms with Crippen molar-refractivity contribution >= 4 is 29.9 Å². The topological polar surface area (TPSA) is 84.6 Å². The van der Waals surface area contributed by atoms with Gasteiger partial charge in [0.2, 0.25) is 5.89 Å². The van der Waals surface area contributed by atoms with Crippen molar-refractivity contribution in [3.8, 4) is 5.75 Å². The predicted molar refractivity (Wildman–Crippen MR) is 113 cm³/mol. The molecule has 0 amide bonds. The molecule has 26 heavy (non-hydrogen) atoms. The van der Waals surface area contributed by atoms with Gasteiger partial charge >= 0.3 is 0 Å². The lowest BCUT2D eigenvalue weighted by atomic mass is 10.2. The van der Waals surface area contributed by atoms with Crippen molar-refractivity contribution in [3.63, 3.8) is 0 Å². The highest BCUT2D eigenvalue weighted by Gasteiger charge is 2.07. The van der Waals surface area contributed by atoms with Crippen molar-refractivity contribution in [3.05, 3.63) is 41.5 Å². The van der Waals surface area contributed by atoms with Crippen LogP contribution in [0.2, 0.25) is 0 Å². The van der Waals surface area contributed by atoms with E-state index in [-0.39, 0.29) is 30.1 Å². The summed E-state index contributed by atoms with van der Waals surface area (Å²) < 4.78 is 11.1. The first-order valence-electron chi connectivity index (χ1n) is 8.62. The Bertz CT molecular complexity index is 690. The molecule has 0 saturated carbocycles. The van der Waals surface area contributed by atoms with Gasteiger partial charge in [-0.15, -0.1) is 24.0 Å². The number of nitrogens with zero attached hydrogens (tertiary/aromatic N) is 3. The van der Waals surface area contributed by atoms with E-state index in [0.717, 1.165) is 23.8 Å². The molecule has 0 spiro atoms. The molecule has 2 aromatic rings. The molecule has 0 bridgehead atoms. The molecule has 144 valence electrons. The smallest absolute Gasteiger partial charge is 0.228 e. The normalized spacial score (nSPS) is 12.2. The van der Waals surface area contributed by atoms with Gasteiger partial charge in [0.25, 0.3) is 0 Å². The van der Waals surface area contributed by atoms with E-state index in [4.69, 9.17) is 9.26 Å². The molecule has 1 aromatic heterocycles. The Labute approximate surface area is 172 Å². The maximum atomic E-state index is 5.95. The van der Waals surface area contributed by atoms with Crippen molar-refractivity contribution in [2.45, 2.75) is 40.2 Å². The van der Waals surface area contributed by atoms with Crippen LogP contribution in [0.1, 0.15) is 31.1 Å². The Kier molecular flexibility index (Phi) is 10.0. The van der Waals surface area contributed by atoms with Crippen LogP contribution < -0.4 is 15.4 Å². The molecule has 8 heteroatoms. The molecule has 0 aliphatic carbocycles. The van der Waals surface area contributed by atoms with Gasteiger partial charge in [-0.05, 0) is 39.3 Å². The maximum Gasteiger partial charge on any atom is 0.228 e. The summed E-state index contributed by atoms with van der Waals surface area (Å²) in [5, 5.41) is 10.3. The van der Waals surface area contributed by atoms with E-state index in [2.05, 4.69) is 25.8 Å². The largest absolute Gasteiger partial charge is 0.489 e. The minimum atomic E-state index is -0.0184. The zero-order valence-corrected chi connectivity index (χ0v) is 18.1. The average molecular weight is 473 g/mol. The Balaban J connectivity index is 0.00000338. The molecule has 2 rings (SSSR count). The summed E-state index contributed by atoms with van der Waals surface area (Å²) in [5.41, 5.74) is 1.12. The zero-order valence-electron chi connectivity index (χ0n) is 15.8. The van der Waals surface area contributed by atoms with Gasteiger partial charge in [-0.2, -0.15) is 4.98 Å². The van der Waals surface area contributed by atoms with Crippen molar-refractivity contribution in [2.24, 2.45) is 4.99 Å². The number of hydrogen-bond acceptors (Lipinski definition) is 5. The molecule has 0 aliphatic heterocycles. The highest BCUT2D eigenvalue weighted by atomic mass is 127. The highest BCUT2D eigenvalue weighted by Crippen LogP contribution is 2.17. The molecule has 1 unspecified atom stereocenters. The van der Waals surface area contributed by atoms with E-state index in [1.807, 2.05) is 52.0 Å². The molecule has 1 atom stereocenters. The summed E-state index contributed by atoms with van der Waals surface area (Å²) >= 11 is 0. The van der Waals surface area contributed by atoms with Gasteiger partial charge < -0.3 is 19.9 Å². The number of rotatable bonds is 8. The maximum absolute atomic E-state index is 5.95. The molecule has 1 aromatic carbocycles. The molecule has 0 radical (unpaired) electrons. The van der Waals surface area contributed by atoms with Crippen molar-refractivity contribution in [2.75, 3.05) is 19.6 Å². The second kappa shape index (κ2) is 11.7. The van der Waals surface area contributed by atoms with Crippen LogP contribution >= 0.6 is 24.0 Å². The van der Waals surface area contributed by atoms with Crippen LogP contribution in [0.25, 0.3) is 0 Å². The molecule has 0 saturated heterocycles. The van der Waals surface area contributed by atoms with Gasteiger partial charge in [0.1, 0.15) is 11.9 Å².